The molecule has 1 aliphatic rings. The van der Waals surface area contributed by atoms with Gasteiger partial charge in [-0.15, -0.1) is 0 Å². The Labute approximate surface area is 105 Å². The van der Waals surface area contributed by atoms with Gasteiger partial charge in [-0.1, -0.05) is 13.8 Å². The van der Waals surface area contributed by atoms with E-state index >= 15 is 0 Å². The molecule has 0 amide bonds. The highest BCUT2D eigenvalue weighted by molar-refractivity contribution is 7.87. The second kappa shape index (κ2) is 5.22. The van der Waals surface area contributed by atoms with Crippen molar-refractivity contribution >= 4 is 10.2 Å². The number of hydrogen-bond acceptors (Lipinski definition) is 3. The van der Waals surface area contributed by atoms with Crippen LogP contribution in [0.1, 0.15) is 34.1 Å². The molecule has 17 heavy (non-hydrogen) atoms. The van der Waals surface area contributed by atoms with Gasteiger partial charge >= 0.3 is 0 Å². The van der Waals surface area contributed by atoms with Crippen LogP contribution >= 0.6 is 0 Å². The molecule has 0 radical (unpaired) electrons. The molecule has 0 bridgehead atoms. The Morgan fingerprint density at radius 2 is 1.76 bits per heavy atom. The van der Waals surface area contributed by atoms with Crippen molar-refractivity contribution in [2.45, 2.75) is 39.7 Å². The van der Waals surface area contributed by atoms with E-state index in [1.807, 2.05) is 0 Å². The zero-order chi connectivity index (χ0) is 13.3. The molecule has 0 aromatic rings. The maximum absolute atomic E-state index is 12.2. The van der Waals surface area contributed by atoms with Crippen molar-refractivity contribution < 1.29 is 8.42 Å². The standard InChI is InChI=1S/C11H25N3O2S/c1-9-5-10(2)7-14(6-9)17(15,16)13-11(3,4)8-12/h9-10,13H,5-8,12H2,1-4H3. The summed E-state index contributed by atoms with van der Waals surface area (Å²) in [6.45, 7) is 9.24. The van der Waals surface area contributed by atoms with Crippen LogP contribution in [0.4, 0.5) is 0 Å². The van der Waals surface area contributed by atoms with Crippen LogP contribution in [0.15, 0.2) is 0 Å². The molecule has 102 valence electrons. The summed E-state index contributed by atoms with van der Waals surface area (Å²) in [6, 6.07) is 0. The predicted octanol–water partition coefficient (Wildman–Crippen LogP) is 0.536. The number of nitrogens with two attached hydrogens (primary N) is 1. The van der Waals surface area contributed by atoms with Gasteiger partial charge in [-0.25, -0.2) is 0 Å². The molecule has 0 saturated carbocycles. The Bertz CT molecular complexity index is 344. The maximum atomic E-state index is 12.2. The van der Waals surface area contributed by atoms with E-state index in [-0.39, 0.29) is 6.54 Å². The minimum Gasteiger partial charge on any atom is -0.329 e. The fourth-order valence-corrected chi connectivity index (χ4v) is 4.07. The highest BCUT2D eigenvalue weighted by Crippen LogP contribution is 2.23. The zero-order valence-electron chi connectivity index (χ0n) is 11.2. The van der Waals surface area contributed by atoms with Crippen LogP contribution in [0.25, 0.3) is 0 Å². The van der Waals surface area contributed by atoms with E-state index in [1.165, 1.54) is 0 Å². The van der Waals surface area contributed by atoms with E-state index in [4.69, 9.17) is 5.73 Å². The summed E-state index contributed by atoms with van der Waals surface area (Å²) >= 11 is 0. The Morgan fingerprint density at radius 1 is 1.29 bits per heavy atom. The summed E-state index contributed by atoms with van der Waals surface area (Å²) in [5.41, 5.74) is 4.96. The number of piperidine rings is 1. The second-order valence-electron chi connectivity index (χ2n) is 5.96. The molecule has 1 fully saturated rings. The summed E-state index contributed by atoms with van der Waals surface area (Å²) in [7, 11) is -3.42. The molecule has 0 aromatic heterocycles. The molecule has 6 heteroatoms. The first-order valence-corrected chi connectivity index (χ1v) is 7.59. The van der Waals surface area contributed by atoms with Crippen LogP contribution in [-0.4, -0.2) is 37.9 Å². The first-order valence-electron chi connectivity index (χ1n) is 6.15. The van der Waals surface area contributed by atoms with E-state index in [9.17, 15) is 8.42 Å². The van der Waals surface area contributed by atoms with Crippen molar-refractivity contribution in [3.05, 3.63) is 0 Å². The first-order chi connectivity index (χ1) is 7.66. The number of nitrogens with one attached hydrogen (secondary N) is 1. The van der Waals surface area contributed by atoms with Gasteiger partial charge in [0.05, 0.1) is 0 Å². The van der Waals surface area contributed by atoms with Crippen molar-refractivity contribution in [3.63, 3.8) is 0 Å². The van der Waals surface area contributed by atoms with Crippen LogP contribution < -0.4 is 10.5 Å². The maximum Gasteiger partial charge on any atom is 0.279 e. The lowest BCUT2D eigenvalue weighted by molar-refractivity contribution is 0.218. The molecule has 1 aliphatic heterocycles. The van der Waals surface area contributed by atoms with Crippen LogP contribution in [-0.2, 0) is 10.2 Å². The molecule has 0 aliphatic carbocycles. The molecular weight excluding hydrogens is 238 g/mol. The van der Waals surface area contributed by atoms with E-state index in [2.05, 4.69) is 18.6 Å². The van der Waals surface area contributed by atoms with E-state index in [0.29, 0.717) is 24.9 Å². The van der Waals surface area contributed by atoms with Gasteiger partial charge in [-0.2, -0.15) is 17.4 Å². The van der Waals surface area contributed by atoms with Gasteiger partial charge in [0.15, 0.2) is 0 Å². The third kappa shape index (κ3) is 4.21. The Balaban J connectivity index is 2.76. The SMILES string of the molecule is CC1CC(C)CN(S(=O)(=O)NC(C)(C)CN)C1. The number of hydrogen-bond donors (Lipinski definition) is 2. The molecule has 1 rings (SSSR count). The molecule has 1 saturated heterocycles. The van der Waals surface area contributed by atoms with Gasteiger partial charge in [-0.3, -0.25) is 0 Å². The van der Waals surface area contributed by atoms with Crippen LogP contribution in [0.2, 0.25) is 0 Å². The lowest BCUT2D eigenvalue weighted by Crippen LogP contribution is -2.56. The van der Waals surface area contributed by atoms with Crippen LogP contribution in [0.3, 0.4) is 0 Å². The quantitative estimate of drug-likeness (QED) is 0.777. The summed E-state index contributed by atoms with van der Waals surface area (Å²) in [6.07, 6.45) is 1.09. The minimum absolute atomic E-state index is 0.283. The smallest absolute Gasteiger partial charge is 0.279 e. The largest absolute Gasteiger partial charge is 0.329 e. The van der Waals surface area contributed by atoms with Crippen molar-refractivity contribution in [3.8, 4) is 0 Å². The molecule has 5 nitrogen and oxygen atoms in total. The Morgan fingerprint density at radius 3 is 2.18 bits per heavy atom. The van der Waals surface area contributed by atoms with Gasteiger partial charge in [0.25, 0.3) is 10.2 Å². The lowest BCUT2D eigenvalue weighted by Gasteiger charge is -2.36. The topological polar surface area (TPSA) is 75.4 Å². The van der Waals surface area contributed by atoms with Gasteiger partial charge in [0.1, 0.15) is 0 Å². The summed E-state index contributed by atoms with van der Waals surface area (Å²) in [5.74, 6) is 0.827. The molecule has 2 unspecified atom stereocenters. The highest BCUT2D eigenvalue weighted by atomic mass is 32.2. The Hall–Kier alpha value is -0.170. The van der Waals surface area contributed by atoms with Gasteiger partial charge in [0, 0.05) is 25.2 Å². The van der Waals surface area contributed by atoms with Crippen molar-refractivity contribution in [1.82, 2.24) is 9.03 Å². The van der Waals surface area contributed by atoms with Crippen molar-refractivity contribution in [1.29, 1.82) is 0 Å². The average molecular weight is 263 g/mol. The molecule has 0 spiro atoms. The fraction of sp³-hybridized carbons (Fsp3) is 1.00. The molecule has 0 aromatic carbocycles. The minimum atomic E-state index is -3.42. The number of nitrogens with zero attached hydrogens (tertiary/aromatic N) is 1. The Kier molecular flexibility index (Phi) is 4.57. The van der Waals surface area contributed by atoms with E-state index < -0.39 is 15.7 Å². The lowest BCUT2D eigenvalue weighted by atomic mass is 9.94. The first kappa shape index (κ1) is 14.9. The second-order valence-corrected chi connectivity index (χ2v) is 7.63. The third-order valence-corrected chi connectivity index (χ3v) is 4.88. The van der Waals surface area contributed by atoms with E-state index in [0.717, 1.165) is 6.42 Å². The third-order valence-electron chi connectivity index (χ3n) is 3.09. The van der Waals surface area contributed by atoms with Crippen molar-refractivity contribution in [2.75, 3.05) is 19.6 Å². The molecule has 3 N–H and O–H groups in total. The zero-order valence-corrected chi connectivity index (χ0v) is 12.0. The average Bonchev–Trinajstić information content (AvgIpc) is 2.14. The summed E-state index contributed by atoms with van der Waals surface area (Å²) < 4.78 is 28.6. The number of rotatable bonds is 4. The molecular formula is C11H25N3O2S. The van der Waals surface area contributed by atoms with Crippen LogP contribution in [0, 0.1) is 11.8 Å². The monoisotopic (exact) mass is 263 g/mol. The van der Waals surface area contributed by atoms with Crippen LogP contribution in [0.5, 0.6) is 0 Å². The summed E-state index contributed by atoms with van der Waals surface area (Å²) in [5, 5.41) is 0. The highest BCUT2D eigenvalue weighted by Gasteiger charge is 2.33. The van der Waals surface area contributed by atoms with Crippen molar-refractivity contribution in [2.24, 2.45) is 17.6 Å². The van der Waals surface area contributed by atoms with Gasteiger partial charge in [0.2, 0.25) is 0 Å². The normalized spacial score (nSPS) is 28.3. The van der Waals surface area contributed by atoms with Gasteiger partial charge in [-0.05, 0) is 32.1 Å². The van der Waals surface area contributed by atoms with E-state index in [1.54, 1.807) is 18.2 Å². The van der Waals surface area contributed by atoms with Gasteiger partial charge < -0.3 is 5.73 Å². The molecule has 2 atom stereocenters. The molecule has 1 heterocycles. The predicted molar refractivity (Wildman–Crippen MR) is 69.7 cm³/mol. The summed E-state index contributed by atoms with van der Waals surface area (Å²) in [4.78, 5) is 0. The fourth-order valence-electron chi connectivity index (χ4n) is 2.26.